The maximum Gasteiger partial charge on any atom is 0.221 e. The van der Waals surface area contributed by atoms with Crippen LogP contribution in [0.2, 0.25) is 0 Å². The lowest BCUT2D eigenvalue weighted by molar-refractivity contribution is -0.121. The maximum atomic E-state index is 11.6. The molecule has 0 saturated carbocycles. The van der Waals surface area contributed by atoms with Gasteiger partial charge in [0.15, 0.2) is 0 Å². The molecule has 5 heteroatoms. The molecule has 18 heavy (non-hydrogen) atoms. The number of nitrogens with one attached hydrogen (secondary N) is 2. The van der Waals surface area contributed by atoms with Crippen LogP contribution in [0.4, 0.5) is 0 Å². The highest BCUT2D eigenvalue weighted by atomic mass is 32.2. The van der Waals surface area contributed by atoms with Crippen molar-refractivity contribution < 1.29 is 4.79 Å². The summed E-state index contributed by atoms with van der Waals surface area (Å²) in [7, 11) is 0. The number of rotatable bonds is 6. The second-order valence-electron chi connectivity index (χ2n) is 4.38. The van der Waals surface area contributed by atoms with Crippen LogP contribution in [0.3, 0.4) is 0 Å². The van der Waals surface area contributed by atoms with E-state index < -0.39 is 0 Å². The Balaban J connectivity index is 1.56. The zero-order valence-corrected chi connectivity index (χ0v) is 11.2. The van der Waals surface area contributed by atoms with Crippen molar-refractivity contribution in [1.29, 1.82) is 0 Å². The van der Waals surface area contributed by atoms with E-state index in [2.05, 4.69) is 15.6 Å². The molecule has 0 aliphatic carbocycles. The number of pyridine rings is 1. The van der Waals surface area contributed by atoms with E-state index in [9.17, 15) is 4.79 Å². The van der Waals surface area contributed by atoms with Gasteiger partial charge >= 0.3 is 0 Å². The van der Waals surface area contributed by atoms with E-state index in [1.807, 2.05) is 18.2 Å². The molecule has 0 radical (unpaired) electrons. The van der Waals surface area contributed by atoms with Crippen LogP contribution in [0.25, 0.3) is 0 Å². The van der Waals surface area contributed by atoms with Crippen molar-refractivity contribution >= 4 is 17.7 Å². The molecule has 1 atom stereocenters. The number of nitrogens with zero attached hydrogens (tertiary/aromatic N) is 1. The summed E-state index contributed by atoms with van der Waals surface area (Å²) in [5.41, 5.74) is 1.07. The van der Waals surface area contributed by atoms with E-state index >= 15 is 0 Å². The van der Waals surface area contributed by atoms with Crippen molar-refractivity contribution in [3.05, 3.63) is 30.1 Å². The number of hydrogen-bond acceptors (Lipinski definition) is 4. The molecule has 2 rings (SSSR count). The van der Waals surface area contributed by atoms with Crippen LogP contribution >= 0.6 is 11.8 Å². The number of aromatic nitrogens is 1. The Hall–Kier alpha value is -1.07. The summed E-state index contributed by atoms with van der Waals surface area (Å²) in [4.78, 5) is 15.9. The minimum Gasteiger partial charge on any atom is -0.352 e. The lowest BCUT2D eigenvalue weighted by atomic mass is 10.2. The van der Waals surface area contributed by atoms with E-state index in [0.29, 0.717) is 12.5 Å². The number of carbonyl (C=O) groups excluding carboxylic acids is 1. The Labute approximate surface area is 112 Å². The first-order chi connectivity index (χ1) is 8.84. The Kier molecular flexibility index (Phi) is 5.48. The van der Waals surface area contributed by atoms with Gasteiger partial charge in [0, 0.05) is 36.7 Å². The molecule has 2 N–H and O–H groups in total. The van der Waals surface area contributed by atoms with E-state index in [0.717, 1.165) is 36.7 Å². The highest BCUT2D eigenvalue weighted by Crippen LogP contribution is 2.10. The molecular weight excluding hydrogens is 246 g/mol. The minimum absolute atomic E-state index is 0.164. The van der Waals surface area contributed by atoms with Gasteiger partial charge in [0.05, 0.1) is 5.69 Å². The number of thioether (sulfide) groups is 1. The van der Waals surface area contributed by atoms with Crippen molar-refractivity contribution in [3.8, 4) is 0 Å². The molecule has 1 aromatic heterocycles. The standard InChI is InChI=1S/C13H19N3OS/c17-13(16-11-4-7-14-9-11)5-8-18-10-12-3-1-2-6-15-12/h1-3,6,11,14H,4-5,7-10H2,(H,16,17). The van der Waals surface area contributed by atoms with Gasteiger partial charge < -0.3 is 10.6 Å². The molecule has 2 heterocycles. The molecule has 1 fully saturated rings. The smallest absolute Gasteiger partial charge is 0.221 e. The van der Waals surface area contributed by atoms with Crippen molar-refractivity contribution in [2.45, 2.75) is 24.6 Å². The maximum absolute atomic E-state index is 11.6. The van der Waals surface area contributed by atoms with Gasteiger partial charge in [-0.1, -0.05) is 6.07 Å². The lowest BCUT2D eigenvalue weighted by Gasteiger charge is -2.10. The number of amides is 1. The van der Waals surface area contributed by atoms with Gasteiger partial charge in [-0.15, -0.1) is 0 Å². The van der Waals surface area contributed by atoms with E-state index in [4.69, 9.17) is 0 Å². The summed E-state index contributed by atoms with van der Waals surface area (Å²) < 4.78 is 0. The molecule has 1 saturated heterocycles. The monoisotopic (exact) mass is 265 g/mol. The fourth-order valence-electron chi connectivity index (χ4n) is 1.90. The third-order valence-electron chi connectivity index (χ3n) is 2.87. The largest absolute Gasteiger partial charge is 0.352 e. The minimum atomic E-state index is 0.164. The molecule has 1 aliphatic rings. The molecule has 1 aliphatic heterocycles. The normalized spacial score (nSPS) is 18.8. The van der Waals surface area contributed by atoms with Crippen molar-refractivity contribution in [1.82, 2.24) is 15.6 Å². The van der Waals surface area contributed by atoms with Crippen LogP contribution in [0.5, 0.6) is 0 Å². The van der Waals surface area contributed by atoms with Gasteiger partial charge in [0.1, 0.15) is 0 Å². The molecule has 4 nitrogen and oxygen atoms in total. The summed E-state index contributed by atoms with van der Waals surface area (Å²) in [5, 5.41) is 6.29. The van der Waals surface area contributed by atoms with Gasteiger partial charge in [0.2, 0.25) is 5.91 Å². The Morgan fingerprint density at radius 3 is 3.22 bits per heavy atom. The van der Waals surface area contributed by atoms with Crippen LogP contribution < -0.4 is 10.6 Å². The molecule has 98 valence electrons. The second-order valence-corrected chi connectivity index (χ2v) is 5.49. The Bertz CT molecular complexity index is 366. The number of carbonyl (C=O) groups is 1. The van der Waals surface area contributed by atoms with Crippen LogP contribution in [0, 0.1) is 0 Å². The molecule has 1 unspecified atom stereocenters. The summed E-state index contributed by atoms with van der Waals surface area (Å²) in [5.74, 6) is 1.89. The van der Waals surface area contributed by atoms with E-state index in [-0.39, 0.29) is 5.91 Å². The summed E-state index contributed by atoms with van der Waals surface area (Å²) in [6.45, 7) is 1.92. The highest BCUT2D eigenvalue weighted by Gasteiger charge is 2.15. The summed E-state index contributed by atoms with van der Waals surface area (Å²) in [6, 6.07) is 6.25. The lowest BCUT2D eigenvalue weighted by Crippen LogP contribution is -2.36. The molecular formula is C13H19N3OS. The predicted octanol–water partition coefficient (Wildman–Crippen LogP) is 1.18. The van der Waals surface area contributed by atoms with Crippen LogP contribution in [-0.4, -0.2) is 35.8 Å². The molecule has 0 aromatic carbocycles. The molecule has 0 bridgehead atoms. The summed E-state index contributed by atoms with van der Waals surface area (Å²) in [6.07, 6.45) is 3.44. The third-order valence-corrected chi connectivity index (χ3v) is 3.87. The van der Waals surface area contributed by atoms with Gasteiger partial charge in [-0.3, -0.25) is 9.78 Å². The zero-order chi connectivity index (χ0) is 12.6. The first kappa shape index (κ1) is 13.4. The van der Waals surface area contributed by atoms with Crippen molar-refractivity contribution in [3.63, 3.8) is 0 Å². The average Bonchev–Trinajstić information content (AvgIpc) is 2.89. The van der Waals surface area contributed by atoms with Crippen molar-refractivity contribution in [2.24, 2.45) is 0 Å². The number of hydrogen-bond donors (Lipinski definition) is 2. The molecule has 1 aromatic rings. The van der Waals surface area contributed by atoms with Gasteiger partial charge in [-0.05, 0) is 25.1 Å². The quantitative estimate of drug-likeness (QED) is 0.759. The van der Waals surface area contributed by atoms with Gasteiger partial charge in [-0.2, -0.15) is 11.8 Å². The second kappa shape index (κ2) is 7.38. The fraction of sp³-hybridized carbons (Fsp3) is 0.538. The van der Waals surface area contributed by atoms with Crippen molar-refractivity contribution in [2.75, 3.05) is 18.8 Å². The van der Waals surface area contributed by atoms with Crippen LogP contribution in [0.1, 0.15) is 18.5 Å². The highest BCUT2D eigenvalue weighted by molar-refractivity contribution is 7.98. The predicted molar refractivity (Wildman–Crippen MR) is 74.4 cm³/mol. The SMILES string of the molecule is O=C(CCSCc1ccccn1)NC1CCNC1. The average molecular weight is 265 g/mol. The molecule has 1 amide bonds. The topological polar surface area (TPSA) is 54.0 Å². The first-order valence-electron chi connectivity index (χ1n) is 6.32. The van der Waals surface area contributed by atoms with Crippen LogP contribution in [0.15, 0.2) is 24.4 Å². The van der Waals surface area contributed by atoms with E-state index in [1.54, 1.807) is 18.0 Å². The van der Waals surface area contributed by atoms with Gasteiger partial charge in [-0.25, -0.2) is 0 Å². The first-order valence-corrected chi connectivity index (χ1v) is 7.48. The fourth-order valence-corrected chi connectivity index (χ4v) is 2.76. The Morgan fingerprint density at radius 2 is 2.50 bits per heavy atom. The van der Waals surface area contributed by atoms with Crippen LogP contribution in [-0.2, 0) is 10.5 Å². The van der Waals surface area contributed by atoms with E-state index in [1.165, 1.54) is 0 Å². The molecule has 0 spiro atoms. The third kappa shape index (κ3) is 4.66. The van der Waals surface area contributed by atoms with Gasteiger partial charge in [0.25, 0.3) is 0 Å². The zero-order valence-electron chi connectivity index (χ0n) is 10.4. The summed E-state index contributed by atoms with van der Waals surface area (Å²) >= 11 is 1.75. The Morgan fingerprint density at radius 1 is 1.56 bits per heavy atom.